The summed E-state index contributed by atoms with van der Waals surface area (Å²) in [6.45, 7) is 5.16. The Kier molecular flexibility index (Phi) is 8.12. The van der Waals surface area contributed by atoms with E-state index in [2.05, 4.69) is 20.0 Å². The lowest BCUT2D eigenvalue weighted by atomic mass is 10.1. The molecule has 8 nitrogen and oxygen atoms in total. The summed E-state index contributed by atoms with van der Waals surface area (Å²) < 4.78 is 0. The van der Waals surface area contributed by atoms with Crippen molar-refractivity contribution in [2.24, 2.45) is 42.9 Å². The maximum atomic E-state index is 6.20. The van der Waals surface area contributed by atoms with E-state index in [9.17, 15) is 0 Å². The summed E-state index contributed by atoms with van der Waals surface area (Å²) in [7, 11) is 0. The normalized spacial score (nSPS) is 13.2. The number of nitrogens with zero attached hydrogens (tertiary/aromatic N) is 4. The minimum Gasteiger partial charge on any atom is -0.384 e. The second kappa shape index (κ2) is 11.4. The highest BCUT2D eigenvalue weighted by Crippen LogP contribution is 2.17. The lowest BCUT2D eigenvalue weighted by Gasteiger charge is -2.06. The van der Waals surface area contributed by atoms with Crippen LogP contribution in [-0.4, -0.2) is 36.4 Å². The maximum absolute atomic E-state index is 6.20. The van der Waals surface area contributed by atoms with Gasteiger partial charge in [-0.1, -0.05) is 24.3 Å². The lowest BCUT2D eigenvalue weighted by molar-refractivity contribution is 1.12. The zero-order valence-corrected chi connectivity index (χ0v) is 19.4. The first-order chi connectivity index (χ1) is 16.4. The summed E-state index contributed by atoms with van der Waals surface area (Å²) in [4.78, 5) is 17.4. The largest absolute Gasteiger partial charge is 0.384 e. The van der Waals surface area contributed by atoms with Crippen molar-refractivity contribution in [3.8, 4) is 0 Å². The highest BCUT2D eigenvalue weighted by atomic mass is 14.9. The SMILES string of the molecule is CCN=C(N)c1ccc(N=C(N)c2ccc(C(N)=Nc3ccc(C(N)=NCC)cc3)cc2)cc1. The van der Waals surface area contributed by atoms with Gasteiger partial charge in [-0.15, -0.1) is 0 Å². The number of rotatable bonds is 8. The van der Waals surface area contributed by atoms with Gasteiger partial charge in [-0.25, -0.2) is 9.98 Å². The number of hydrogen-bond acceptors (Lipinski definition) is 4. The second-order valence-corrected chi connectivity index (χ2v) is 7.38. The van der Waals surface area contributed by atoms with Crippen LogP contribution in [0.1, 0.15) is 36.1 Å². The van der Waals surface area contributed by atoms with Crippen LogP contribution >= 0.6 is 0 Å². The lowest BCUT2D eigenvalue weighted by Crippen LogP contribution is -2.16. The molecule has 3 aromatic carbocycles. The Hall–Kier alpha value is -4.46. The quantitative estimate of drug-likeness (QED) is 0.305. The van der Waals surface area contributed by atoms with Crippen molar-refractivity contribution in [2.75, 3.05) is 13.1 Å². The average molecular weight is 455 g/mol. The number of amidine groups is 4. The smallest absolute Gasteiger partial charge is 0.131 e. The topological polar surface area (TPSA) is 154 Å². The number of benzene rings is 3. The predicted octanol–water partition coefficient (Wildman–Crippen LogP) is 3.21. The third-order valence-electron chi connectivity index (χ3n) is 4.96. The molecule has 0 atom stereocenters. The van der Waals surface area contributed by atoms with Crippen molar-refractivity contribution in [1.82, 2.24) is 0 Å². The molecule has 0 aliphatic carbocycles. The Morgan fingerprint density at radius 3 is 1.03 bits per heavy atom. The number of nitrogens with two attached hydrogens (primary N) is 4. The van der Waals surface area contributed by atoms with Crippen LogP contribution in [0, 0.1) is 0 Å². The van der Waals surface area contributed by atoms with Crippen LogP contribution in [0.2, 0.25) is 0 Å². The molecule has 0 heterocycles. The van der Waals surface area contributed by atoms with Gasteiger partial charge in [0.25, 0.3) is 0 Å². The Morgan fingerprint density at radius 1 is 0.471 bits per heavy atom. The Morgan fingerprint density at radius 2 is 0.735 bits per heavy atom. The maximum Gasteiger partial charge on any atom is 0.131 e. The first-order valence-corrected chi connectivity index (χ1v) is 11.0. The van der Waals surface area contributed by atoms with E-state index in [4.69, 9.17) is 22.9 Å². The van der Waals surface area contributed by atoms with Crippen molar-refractivity contribution < 1.29 is 0 Å². The molecule has 0 amide bonds. The average Bonchev–Trinajstić information content (AvgIpc) is 2.85. The Labute approximate surface area is 199 Å². The van der Waals surface area contributed by atoms with Gasteiger partial charge in [-0.2, -0.15) is 0 Å². The third-order valence-corrected chi connectivity index (χ3v) is 4.96. The van der Waals surface area contributed by atoms with Crippen LogP contribution in [0.3, 0.4) is 0 Å². The summed E-state index contributed by atoms with van der Waals surface area (Å²) in [6.07, 6.45) is 0. The highest BCUT2D eigenvalue weighted by molar-refractivity contribution is 6.03. The fourth-order valence-electron chi connectivity index (χ4n) is 3.16. The van der Waals surface area contributed by atoms with E-state index in [-0.39, 0.29) is 0 Å². The van der Waals surface area contributed by atoms with Crippen LogP contribution in [0.25, 0.3) is 0 Å². The molecule has 0 fully saturated rings. The Balaban J connectivity index is 1.72. The van der Waals surface area contributed by atoms with Gasteiger partial charge in [0.1, 0.15) is 23.3 Å². The fourth-order valence-corrected chi connectivity index (χ4v) is 3.16. The van der Waals surface area contributed by atoms with Gasteiger partial charge >= 0.3 is 0 Å². The second-order valence-electron chi connectivity index (χ2n) is 7.38. The molecule has 0 bridgehead atoms. The van der Waals surface area contributed by atoms with Crippen molar-refractivity contribution in [1.29, 1.82) is 0 Å². The highest BCUT2D eigenvalue weighted by Gasteiger charge is 2.04. The van der Waals surface area contributed by atoms with Crippen LogP contribution < -0.4 is 22.9 Å². The van der Waals surface area contributed by atoms with Gasteiger partial charge in [0.05, 0.1) is 11.4 Å². The van der Waals surface area contributed by atoms with Gasteiger partial charge < -0.3 is 22.9 Å². The van der Waals surface area contributed by atoms with Crippen molar-refractivity contribution in [3.05, 3.63) is 95.1 Å². The van der Waals surface area contributed by atoms with E-state index in [0.29, 0.717) is 36.4 Å². The van der Waals surface area contributed by atoms with Gasteiger partial charge in [-0.3, -0.25) is 9.98 Å². The summed E-state index contributed by atoms with van der Waals surface area (Å²) >= 11 is 0. The van der Waals surface area contributed by atoms with Gasteiger partial charge in [0, 0.05) is 35.3 Å². The molecule has 3 rings (SSSR count). The molecule has 0 spiro atoms. The number of aliphatic imine (C=N–C) groups is 4. The van der Waals surface area contributed by atoms with E-state index in [1.54, 1.807) is 0 Å². The summed E-state index contributed by atoms with van der Waals surface area (Å²) in [6, 6.07) is 22.4. The van der Waals surface area contributed by atoms with Gasteiger partial charge in [0.2, 0.25) is 0 Å². The molecule has 0 aliphatic rings. The van der Waals surface area contributed by atoms with Crippen LogP contribution in [0.15, 0.2) is 92.8 Å². The van der Waals surface area contributed by atoms with E-state index in [0.717, 1.165) is 33.6 Å². The van der Waals surface area contributed by atoms with Crippen molar-refractivity contribution >= 4 is 34.7 Å². The van der Waals surface area contributed by atoms with E-state index >= 15 is 0 Å². The zero-order chi connectivity index (χ0) is 24.5. The molecule has 3 aromatic rings. The molecular formula is C26H30N8. The van der Waals surface area contributed by atoms with Crippen LogP contribution in [0.5, 0.6) is 0 Å². The monoisotopic (exact) mass is 454 g/mol. The standard InChI is InChI=1S/C26H30N8/c1-3-31-23(27)17-9-13-21(14-10-17)33-25(29)19-5-7-20(8-6-19)26(30)34-22-15-11-18(12-16-22)24(28)32-4-2/h5-16H,3-4H2,1-2H3,(H2,27,31)(H2,28,32)(H2,29,33)(H2,30,34). The minimum absolute atomic E-state index is 0.395. The molecule has 174 valence electrons. The number of hydrogen-bond donors (Lipinski definition) is 4. The fraction of sp³-hybridized carbons (Fsp3) is 0.154. The van der Waals surface area contributed by atoms with Crippen LogP contribution in [-0.2, 0) is 0 Å². The molecule has 0 aliphatic heterocycles. The summed E-state index contributed by atoms with van der Waals surface area (Å²) in [5, 5.41) is 0. The molecule has 34 heavy (non-hydrogen) atoms. The first kappa shape index (κ1) is 24.2. The first-order valence-electron chi connectivity index (χ1n) is 11.0. The van der Waals surface area contributed by atoms with E-state index in [1.807, 2.05) is 86.6 Å². The summed E-state index contributed by atoms with van der Waals surface area (Å²) in [5.41, 5.74) is 29.0. The molecule has 0 saturated carbocycles. The minimum atomic E-state index is 0.395. The third kappa shape index (κ3) is 6.29. The van der Waals surface area contributed by atoms with E-state index in [1.165, 1.54) is 0 Å². The molecular weight excluding hydrogens is 424 g/mol. The van der Waals surface area contributed by atoms with E-state index < -0.39 is 0 Å². The van der Waals surface area contributed by atoms with Gasteiger partial charge in [-0.05, 0) is 62.4 Å². The molecule has 0 aromatic heterocycles. The molecule has 0 unspecified atom stereocenters. The van der Waals surface area contributed by atoms with Gasteiger partial charge in [0.15, 0.2) is 0 Å². The van der Waals surface area contributed by atoms with Crippen molar-refractivity contribution in [3.63, 3.8) is 0 Å². The Bertz CT molecular complexity index is 1120. The summed E-state index contributed by atoms with van der Waals surface area (Å²) in [5.74, 6) is 1.80. The molecule has 0 radical (unpaired) electrons. The predicted molar refractivity (Wildman–Crippen MR) is 143 cm³/mol. The molecule has 8 N–H and O–H groups in total. The molecule has 0 saturated heterocycles. The zero-order valence-electron chi connectivity index (χ0n) is 19.4. The van der Waals surface area contributed by atoms with Crippen molar-refractivity contribution in [2.45, 2.75) is 13.8 Å². The van der Waals surface area contributed by atoms with Crippen LogP contribution in [0.4, 0.5) is 11.4 Å². The molecule has 8 heteroatoms.